The van der Waals surface area contributed by atoms with E-state index in [1.165, 1.54) is 0 Å². The van der Waals surface area contributed by atoms with E-state index in [1.54, 1.807) is 6.07 Å². The summed E-state index contributed by atoms with van der Waals surface area (Å²) in [5, 5.41) is 7.93. The Balaban J connectivity index is 3.14. The molecule has 0 aliphatic heterocycles. The lowest BCUT2D eigenvalue weighted by atomic mass is 10.3. The van der Waals surface area contributed by atoms with Gasteiger partial charge < -0.3 is 4.74 Å². The van der Waals surface area contributed by atoms with E-state index in [4.69, 9.17) is 5.26 Å². The molecule has 0 saturated carbocycles. The van der Waals surface area contributed by atoms with Crippen molar-refractivity contribution in [1.82, 2.24) is 0 Å². The Kier molecular flexibility index (Phi) is 3.89. The van der Waals surface area contributed by atoms with Crippen LogP contribution in [0.25, 0.3) is 0 Å². The number of rotatable bonds is 4. The summed E-state index contributed by atoms with van der Waals surface area (Å²) in [6, 6.07) is 1.69. The van der Waals surface area contributed by atoms with Gasteiger partial charge in [0.1, 0.15) is 6.61 Å². The van der Waals surface area contributed by atoms with Crippen molar-refractivity contribution in [2.75, 3.05) is 13.2 Å². The summed E-state index contributed by atoms with van der Waals surface area (Å²) in [6.45, 7) is 0.649. The first-order valence-electron chi connectivity index (χ1n) is 2.89. The van der Waals surface area contributed by atoms with Crippen LogP contribution in [-0.4, -0.2) is 19.1 Å². The van der Waals surface area contributed by atoms with E-state index in [-0.39, 0.29) is 19.6 Å². The third-order valence-corrected chi connectivity index (χ3v) is 0.852. The number of hydrogen-bond acceptors (Lipinski definition) is 2. The third-order valence-electron chi connectivity index (χ3n) is 0.852. The molecule has 10 heavy (non-hydrogen) atoms. The second-order valence-electron chi connectivity index (χ2n) is 2.03. The van der Waals surface area contributed by atoms with Crippen LogP contribution in [0, 0.1) is 11.3 Å². The lowest BCUT2D eigenvalue weighted by Gasteiger charge is -2.07. The highest BCUT2D eigenvalue weighted by Crippen LogP contribution is 2.15. The second-order valence-corrected chi connectivity index (χ2v) is 2.03. The van der Waals surface area contributed by atoms with Crippen molar-refractivity contribution in [3.8, 4) is 6.07 Å². The highest BCUT2D eigenvalue weighted by molar-refractivity contribution is 4.67. The summed E-state index contributed by atoms with van der Waals surface area (Å²) in [7, 11) is 0. The first-order valence-corrected chi connectivity index (χ1v) is 2.89. The number of nitrogens with zero attached hydrogens (tertiary/aromatic N) is 1. The number of ether oxygens (including phenoxy) is 1. The van der Waals surface area contributed by atoms with E-state index in [0.29, 0.717) is 0 Å². The summed E-state index contributed by atoms with van der Waals surface area (Å²) in [4.78, 5) is 0. The van der Waals surface area contributed by atoms with Crippen molar-refractivity contribution >= 4 is 0 Å². The van der Waals surface area contributed by atoms with Crippen LogP contribution in [0.15, 0.2) is 0 Å². The molecule has 0 heterocycles. The highest BCUT2D eigenvalue weighted by Gasteiger charge is 2.19. The second kappa shape index (κ2) is 4.18. The number of nitriles is 1. The van der Waals surface area contributed by atoms with Gasteiger partial charge >= 0.3 is 0 Å². The van der Waals surface area contributed by atoms with Crippen LogP contribution in [0.5, 0.6) is 0 Å². The van der Waals surface area contributed by atoms with E-state index in [0.717, 1.165) is 6.92 Å². The molecule has 0 aromatic heterocycles. The van der Waals surface area contributed by atoms with Crippen molar-refractivity contribution < 1.29 is 13.5 Å². The molecule has 0 N–H and O–H groups in total. The Hall–Kier alpha value is -0.690. The molecular weight excluding hydrogens is 140 g/mol. The molecule has 0 fully saturated rings. The molecule has 0 amide bonds. The number of alkyl halides is 2. The summed E-state index contributed by atoms with van der Waals surface area (Å²) in [5.41, 5.74) is 0. The van der Waals surface area contributed by atoms with Crippen LogP contribution in [0.2, 0.25) is 0 Å². The Morgan fingerprint density at radius 3 is 2.60 bits per heavy atom. The van der Waals surface area contributed by atoms with E-state index in [1.807, 2.05) is 0 Å². The van der Waals surface area contributed by atoms with Crippen LogP contribution < -0.4 is 0 Å². The Morgan fingerprint density at radius 1 is 1.60 bits per heavy atom. The van der Waals surface area contributed by atoms with Crippen LogP contribution in [0.4, 0.5) is 8.78 Å². The van der Waals surface area contributed by atoms with E-state index >= 15 is 0 Å². The fourth-order valence-electron chi connectivity index (χ4n) is 0.369. The van der Waals surface area contributed by atoms with Crippen molar-refractivity contribution in [2.45, 2.75) is 19.3 Å². The number of hydrogen-bond donors (Lipinski definition) is 0. The van der Waals surface area contributed by atoms with Crippen molar-refractivity contribution in [2.24, 2.45) is 0 Å². The SMILES string of the molecule is CC(F)(F)CCOCC#N. The third kappa shape index (κ3) is 7.31. The predicted molar refractivity (Wildman–Crippen MR) is 31.7 cm³/mol. The Morgan fingerprint density at radius 2 is 2.20 bits per heavy atom. The lowest BCUT2D eigenvalue weighted by molar-refractivity contribution is -0.0124. The minimum atomic E-state index is -2.69. The summed E-state index contributed by atoms with van der Waals surface area (Å²) in [5.74, 6) is -2.69. The molecule has 0 rings (SSSR count). The maximum atomic E-state index is 12.0. The highest BCUT2D eigenvalue weighted by atomic mass is 19.3. The minimum Gasteiger partial charge on any atom is -0.366 e. The smallest absolute Gasteiger partial charge is 0.247 e. The molecule has 0 atom stereocenters. The summed E-state index contributed by atoms with van der Waals surface area (Å²) in [6.07, 6.45) is -0.325. The molecule has 0 aliphatic carbocycles. The maximum Gasteiger partial charge on any atom is 0.247 e. The average molecular weight is 149 g/mol. The van der Waals surface area contributed by atoms with Gasteiger partial charge in [0.25, 0.3) is 0 Å². The predicted octanol–water partition coefficient (Wildman–Crippen LogP) is 1.57. The van der Waals surface area contributed by atoms with Gasteiger partial charge in [-0.15, -0.1) is 0 Å². The van der Waals surface area contributed by atoms with Crippen LogP contribution in [-0.2, 0) is 4.74 Å². The zero-order chi connectivity index (χ0) is 8.04. The molecule has 58 valence electrons. The van der Waals surface area contributed by atoms with Gasteiger partial charge in [0.15, 0.2) is 0 Å². The quantitative estimate of drug-likeness (QED) is 0.568. The summed E-state index contributed by atoms with van der Waals surface area (Å²) >= 11 is 0. The van der Waals surface area contributed by atoms with Crippen LogP contribution in [0.3, 0.4) is 0 Å². The van der Waals surface area contributed by atoms with E-state index in [2.05, 4.69) is 4.74 Å². The average Bonchev–Trinajstić information content (AvgIpc) is 1.78. The minimum absolute atomic E-state index is 0.0585. The van der Waals surface area contributed by atoms with Gasteiger partial charge in [0, 0.05) is 6.42 Å². The first kappa shape index (κ1) is 9.31. The molecule has 0 saturated heterocycles. The van der Waals surface area contributed by atoms with Gasteiger partial charge in [-0.1, -0.05) is 0 Å². The first-order chi connectivity index (χ1) is 4.56. The van der Waals surface area contributed by atoms with Crippen molar-refractivity contribution in [1.29, 1.82) is 5.26 Å². The van der Waals surface area contributed by atoms with Crippen LogP contribution >= 0.6 is 0 Å². The van der Waals surface area contributed by atoms with Gasteiger partial charge in [-0.05, 0) is 6.92 Å². The van der Waals surface area contributed by atoms with Crippen molar-refractivity contribution in [3.63, 3.8) is 0 Å². The molecular formula is C6H9F2NO. The van der Waals surface area contributed by atoms with E-state index in [9.17, 15) is 8.78 Å². The molecule has 0 unspecified atom stereocenters. The fraction of sp³-hybridized carbons (Fsp3) is 0.833. The maximum absolute atomic E-state index is 12.0. The molecule has 2 nitrogen and oxygen atoms in total. The molecule has 0 aromatic carbocycles. The molecule has 4 heteroatoms. The number of halogens is 2. The largest absolute Gasteiger partial charge is 0.366 e. The summed E-state index contributed by atoms with van der Waals surface area (Å²) < 4.78 is 28.5. The van der Waals surface area contributed by atoms with E-state index < -0.39 is 5.92 Å². The normalized spacial score (nSPS) is 11.0. The molecule has 0 aliphatic rings. The lowest BCUT2D eigenvalue weighted by Crippen LogP contribution is -2.13. The fourth-order valence-corrected chi connectivity index (χ4v) is 0.369. The van der Waals surface area contributed by atoms with Gasteiger partial charge in [0.05, 0.1) is 12.7 Å². The molecule has 0 bridgehead atoms. The van der Waals surface area contributed by atoms with Crippen LogP contribution in [0.1, 0.15) is 13.3 Å². The topological polar surface area (TPSA) is 33.0 Å². The molecule has 0 aromatic rings. The molecule has 0 radical (unpaired) electrons. The van der Waals surface area contributed by atoms with Gasteiger partial charge in [-0.2, -0.15) is 5.26 Å². The zero-order valence-corrected chi connectivity index (χ0v) is 5.73. The standard InChI is InChI=1S/C6H9F2NO/c1-6(7,8)2-4-10-5-3-9/h2,4-5H2,1H3. The Bertz CT molecular complexity index is 125. The van der Waals surface area contributed by atoms with Gasteiger partial charge in [-0.3, -0.25) is 0 Å². The Labute approximate surface area is 58.4 Å². The van der Waals surface area contributed by atoms with Crippen molar-refractivity contribution in [3.05, 3.63) is 0 Å². The molecule has 0 spiro atoms. The van der Waals surface area contributed by atoms with Gasteiger partial charge in [-0.25, -0.2) is 8.78 Å². The monoisotopic (exact) mass is 149 g/mol. The van der Waals surface area contributed by atoms with Gasteiger partial charge in [0.2, 0.25) is 5.92 Å². The zero-order valence-electron chi connectivity index (χ0n) is 5.73.